The molecule has 1 aromatic heterocycles. The molecule has 0 aliphatic carbocycles. The standard InChI is InChI=1S/C23H25NO7/c1-13-21(22(27)14-4-6-16(30-2)7-5-14)18-9-8-17(31-3)11-19(18)24(13)20(23(28)29)10-15(26)12-25/h4-9,11,15,20,25-26H,10,12H2,1-3H3,(H,28,29). The van der Waals surface area contributed by atoms with Gasteiger partial charge in [0.1, 0.15) is 17.5 Å². The number of ketones is 1. The van der Waals surface area contributed by atoms with Crippen LogP contribution in [0.3, 0.4) is 0 Å². The maximum Gasteiger partial charge on any atom is 0.326 e. The van der Waals surface area contributed by atoms with Gasteiger partial charge < -0.3 is 29.4 Å². The molecule has 8 nitrogen and oxygen atoms in total. The van der Waals surface area contributed by atoms with Crippen molar-refractivity contribution >= 4 is 22.7 Å². The average molecular weight is 427 g/mol. The summed E-state index contributed by atoms with van der Waals surface area (Å²) in [6.07, 6.45) is -1.44. The van der Waals surface area contributed by atoms with Gasteiger partial charge in [0.05, 0.1) is 38.0 Å². The number of aliphatic hydroxyl groups is 2. The van der Waals surface area contributed by atoms with Gasteiger partial charge in [-0.15, -0.1) is 0 Å². The Morgan fingerprint density at radius 2 is 1.65 bits per heavy atom. The number of nitrogens with zero attached hydrogens (tertiary/aromatic N) is 1. The van der Waals surface area contributed by atoms with Crippen LogP contribution >= 0.6 is 0 Å². The fourth-order valence-electron chi connectivity index (χ4n) is 3.77. The second-order valence-electron chi connectivity index (χ2n) is 7.20. The van der Waals surface area contributed by atoms with E-state index < -0.39 is 24.7 Å². The van der Waals surface area contributed by atoms with Gasteiger partial charge in [-0.05, 0) is 43.3 Å². The first-order chi connectivity index (χ1) is 14.8. The van der Waals surface area contributed by atoms with Crippen LogP contribution in [0.2, 0.25) is 0 Å². The highest BCUT2D eigenvalue weighted by Crippen LogP contribution is 2.35. The number of aliphatic hydroxyl groups excluding tert-OH is 2. The first-order valence-corrected chi connectivity index (χ1v) is 9.71. The number of fused-ring (bicyclic) bond motifs is 1. The number of carboxylic acids is 1. The molecule has 0 saturated heterocycles. The van der Waals surface area contributed by atoms with Gasteiger partial charge in [-0.1, -0.05) is 0 Å². The maximum atomic E-state index is 13.4. The van der Waals surface area contributed by atoms with Gasteiger partial charge in [0, 0.05) is 29.1 Å². The fourth-order valence-corrected chi connectivity index (χ4v) is 3.77. The molecule has 1 heterocycles. The van der Waals surface area contributed by atoms with E-state index >= 15 is 0 Å². The molecule has 0 aliphatic rings. The lowest BCUT2D eigenvalue weighted by atomic mass is 10.0. The van der Waals surface area contributed by atoms with E-state index in [1.165, 1.54) is 18.8 Å². The second-order valence-corrected chi connectivity index (χ2v) is 7.20. The van der Waals surface area contributed by atoms with Gasteiger partial charge in [-0.25, -0.2) is 4.79 Å². The minimum absolute atomic E-state index is 0.218. The molecule has 0 saturated carbocycles. The van der Waals surface area contributed by atoms with Crippen LogP contribution < -0.4 is 9.47 Å². The Morgan fingerprint density at radius 1 is 1.03 bits per heavy atom. The van der Waals surface area contributed by atoms with Crippen LogP contribution in [0.5, 0.6) is 11.5 Å². The van der Waals surface area contributed by atoms with E-state index in [2.05, 4.69) is 0 Å². The smallest absolute Gasteiger partial charge is 0.326 e. The fraction of sp³-hybridized carbons (Fsp3) is 0.304. The van der Waals surface area contributed by atoms with E-state index in [1.807, 2.05) is 0 Å². The molecule has 2 aromatic carbocycles. The summed E-state index contributed by atoms with van der Waals surface area (Å²) in [5, 5.41) is 29.6. The van der Waals surface area contributed by atoms with Crippen molar-refractivity contribution in [2.75, 3.05) is 20.8 Å². The van der Waals surface area contributed by atoms with E-state index in [1.54, 1.807) is 49.4 Å². The van der Waals surface area contributed by atoms with E-state index in [4.69, 9.17) is 9.47 Å². The highest BCUT2D eigenvalue weighted by Gasteiger charge is 2.30. The lowest BCUT2D eigenvalue weighted by Crippen LogP contribution is -2.27. The molecule has 0 radical (unpaired) electrons. The summed E-state index contributed by atoms with van der Waals surface area (Å²) < 4.78 is 11.9. The van der Waals surface area contributed by atoms with Crippen LogP contribution in [0.1, 0.15) is 34.1 Å². The molecule has 2 atom stereocenters. The summed E-state index contributed by atoms with van der Waals surface area (Å²) in [6.45, 7) is 1.10. The molecular formula is C23H25NO7. The Kier molecular flexibility index (Phi) is 6.62. The summed E-state index contributed by atoms with van der Waals surface area (Å²) in [7, 11) is 3.03. The van der Waals surface area contributed by atoms with Gasteiger partial charge in [0.15, 0.2) is 5.78 Å². The van der Waals surface area contributed by atoms with Crippen molar-refractivity contribution in [2.24, 2.45) is 0 Å². The summed E-state index contributed by atoms with van der Waals surface area (Å²) in [5.41, 5.74) is 1.74. The number of methoxy groups -OCH3 is 2. The van der Waals surface area contributed by atoms with Crippen LogP contribution in [-0.4, -0.2) is 58.6 Å². The Balaban J connectivity index is 2.23. The SMILES string of the molecule is COc1ccc(C(=O)c2c(C)n(C(CC(O)CO)C(=O)O)c3cc(OC)ccc23)cc1. The second kappa shape index (κ2) is 9.20. The zero-order chi connectivity index (χ0) is 22.7. The number of aromatic nitrogens is 1. The molecule has 2 unspecified atom stereocenters. The minimum atomic E-state index is -1.22. The summed E-state index contributed by atoms with van der Waals surface area (Å²) in [5.74, 6) is -0.328. The van der Waals surface area contributed by atoms with Crippen molar-refractivity contribution in [3.63, 3.8) is 0 Å². The van der Waals surface area contributed by atoms with Crippen molar-refractivity contribution in [2.45, 2.75) is 25.5 Å². The first kappa shape index (κ1) is 22.3. The highest BCUT2D eigenvalue weighted by molar-refractivity contribution is 6.17. The van der Waals surface area contributed by atoms with Crippen molar-refractivity contribution in [3.05, 3.63) is 59.3 Å². The lowest BCUT2D eigenvalue weighted by molar-refractivity contribution is -0.142. The molecule has 164 valence electrons. The summed E-state index contributed by atoms with van der Waals surface area (Å²) in [4.78, 5) is 25.5. The third kappa shape index (κ3) is 4.26. The molecule has 8 heteroatoms. The van der Waals surface area contributed by atoms with Crippen LogP contribution in [0.25, 0.3) is 10.9 Å². The number of hydrogen-bond acceptors (Lipinski definition) is 6. The predicted octanol–water partition coefficient (Wildman–Crippen LogP) is 2.57. The average Bonchev–Trinajstić information content (AvgIpc) is 3.07. The maximum absolute atomic E-state index is 13.4. The number of carboxylic acid groups (broad SMARTS) is 1. The summed E-state index contributed by atoms with van der Waals surface area (Å²) in [6, 6.07) is 10.6. The Labute approximate surface area is 179 Å². The van der Waals surface area contributed by atoms with E-state index in [-0.39, 0.29) is 12.2 Å². The third-order valence-corrected chi connectivity index (χ3v) is 5.34. The largest absolute Gasteiger partial charge is 0.497 e. The number of hydrogen-bond donors (Lipinski definition) is 3. The Bertz CT molecular complexity index is 1100. The van der Waals surface area contributed by atoms with Crippen LogP contribution in [0, 0.1) is 6.92 Å². The normalized spacial score (nSPS) is 13.1. The number of aliphatic carboxylic acids is 1. The monoisotopic (exact) mass is 427 g/mol. The van der Waals surface area contributed by atoms with E-state index in [0.717, 1.165) is 0 Å². The predicted molar refractivity (Wildman–Crippen MR) is 114 cm³/mol. The number of rotatable bonds is 9. The van der Waals surface area contributed by atoms with Gasteiger partial charge >= 0.3 is 5.97 Å². The highest BCUT2D eigenvalue weighted by atomic mass is 16.5. The van der Waals surface area contributed by atoms with Crippen molar-refractivity contribution < 1.29 is 34.4 Å². The van der Waals surface area contributed by atoms with Gasteiger partial charge in [0.25, 0.3) is 0 Å². The molecule has 0 aliphatic heterocycles. The Hall–Kier alpha value is -3.36. The lowest BCUT2D eigenvalue weighted by Gasteiger charge is -2.20. The van der Waals surface area contributed by atoms with Crippen molar-refractivity contribution in [3.8, 4) is 11.5 Å². The van der Waals surface area contributed by atoms with Crippen LogP contribution in [0.15, 0.2) is 42.5 Å². The van der Waals surface area contributed by atoms with Crippen molar-refractivity contribution in [1.82, 2.24) is 4.57 Å². The van der Waals surface area contributed by atoms with Crippen LogP contribution in [0.4, 0.5) is 0 Å². The Morgan fingerprint density at radius 3 is 2.19 bits per heavy atom. The van der Waals surface area contributed by atoms with Gasteiger partial charge in [-0.2, -0.15) is 0 Å². The molecule has 3 aromatic rings. The molecular weight excluding hydrogens is 402 g/mol. The molecule has 0 amide bonds. The van der Waals surface area contributed by atoms with E-state index in [0.29, 0.717) is 39.2 Å². The summed E-state index contributed by atoms with van der Waals surface area (Å²) >= 11 is 0. The van der Waals surface area contributed by atoms with Crippen LogP contribution in [-0.2, 0) is 4.79 Å². The quantitative estimate of drug-likeness (QED) is 0.449. The third-order valence-electron chi connectivity index (χ3n) is 5.34. The topological polar surface area (TPSA) is 118 Å². The molecule has 3 rings (SSSR count). The number of ether oxygens (including phenoxy) is 2. The number of benzene rings is 2. The zero-order valence-electron chi connectivity index (χ0n) is 17.5. The molecule has 31 heavy (non-hydrogen) atoms. The minimum Gasteiger partial charge on any atom is -0.497 e. The molecule has 0 bridgehead atoms. The number of carbonyl (C=O) groups excluding carboxylic acids is 1. The number of carbonyl (C=O) groups is 2. The molecule has 0 spiro atoms. The molecule has 3 N–H and O–H groups in total. The van der Waals surface area contributed by atoms with Gasteiger partial charge in [0.2, 0.25) is 0 Å². The molecule has 0 fully saturated rings. The first-order valence-electron chi connectivity index (χ1n) is 9.71. The van der Waals surface area contributed by atoms with Gasteiger partial charge in [-0.3, -0.25) is 4.79 Å². The van der Waals surface area contributed by atoms with Crippen molar-refractivity contribution in [1.29, 1.82) is 0 Å². The zero-order valence-corrected chi connectivity index (χ0v) is 17.5. The van der Waals surface area contributed by atoms with E-state index in [9.17, 15) is 24.9 Å².